The summed E-state index contributed by atoms with van der Waals surface area (Å²) in [6.07, 6.45) is 1.94. The first-order chi connectivity index (χ1) is 6.65. The van der Waals surface area contributed by atoms with Crippen molar-refractivity contribution in [2.75, 3.05) is 12.4 Å². The molecule has 0 unspecified atom stereocenters. The average Bonchev–Trinajstić information content (AvgIpc) is 2.93. The molecule has 2 rings (SSSR count). The lowest BCUT2D eigenvalue weighted by Crippen LogP contribution is -2.23. The summed E-state index contributed by atoms with van der Waals surface area (Å²) < 4.78 is 18.1. The smallest absolute Gasteiger partial charge is 0.141 e. The van der Waals surface area contributed by atoms with Gasteiger partial charge < -0.3 is 10.1 Å². The van der Waals surface area contributed by atoms with Gasteiger partial charge in [0.15, 0.2) is 0 Å². The fourth-order valence-electron chi connectivity index (χ4n) is 1.33. The van der Waals surface area contributed by atoms with Crippen molar-refractivity contribution >= 4 is 17.3 Å². The topological polar surface area (TPSA) is 21.3 Å². The third-order valence-electron chi connectivity index (χ3n) is 2.39. The van der Waals surface area contributed by atoms with Gasteiger partial charge in [-0.3, -0.25) is 0 Å². The third-order valence-corrected chi connectivity index (χ3v) is 2.68. The number of methoxy groups -OCH3 is 1. The van der Waals surface area contributed by atoms with E-state index < -0.39 is 5.82 Å². The Kier molecular flexibility index (Phi) is 2.37. The zero-order valence-electron chi connectivity index (χ0n) is 7.81. The molecular weight excluding hydrogens is 205 g/mol. The van der Waals surface area contributed by atoms with Gasteiger partial charge in [0, 0.05) is 12.8 Å². The normalized spacial score (nSPS) is 17.9. The van der Waals surface area contributed by atoms with Gasteiger partial charge in [-0.15, -0.1) is 0 Å². The lowest BCUT2D eigenvalue weighted by Gasteiger charge is -2.16. The highest BCUT2D eigenvalue weighted by molar-refractivity contribution is 6.31. The molecular formula is C10H11ClFNO. The maximum Gasteiger partial charge on any atom is 0.141 e. The Bertz CT molecular complexity index is 352. The molecule has 0 aliphatic heterocycles. The van der Waals surface area contributed by atoms with Crippen molar-refractivity contribution in [1.29, 1.82) is 0 Å². The van der Waals surface area contributed by atoms with Gasteiger partial charge in [-0.05, 0) is 31.0 Å². The van der Waals surface area contributed by atoms with Crippen molar-refractivity contribution in [3.63, 3.8) is 0 Å². The summed E-state index contributed by atoms with van der Waals surface area (Å²) in [4.78, 5) is 0. The van der Waals surface area contributed by atoms with Crippen LogP contribution in [0.2, 0.25) is 5.02 Å². The van der Waals surface area contributed by atoms with Crippen molar-refractivity contribution in [3.8, 4) is 0 Å². The van der Waals surface area contributed by atoms with E-state index in [4.69, 9.17) is 16.3 Å². The summed E-state index contributed by atoms with van der Waals surface area (Å²) in [5, 5.41) is 3.30. The maximum atomic E-state index is 12.8. The minimum absolute atomic E-state index is 0.127. The number of anilines is 1. The molecule has 4 heteroatoms. The molecule has 1 fully saturated rings. The van der Waals surface area contributed by atoms with Crippen molar-refractivity contribution in [2.24, 2.45) is 0 Å². The van der Waals surface area contributed by atoms with Crippen LogP contribution in [0.25, 0.3) is 0 Å². The van der Waals surface area contributed by atoms with Gasteiger partial charge in [0.05, 0.1) is 5.02 Å². The fraction of sp³-hybridized carbons (Fsp3) is 0.400. The van der Waals surface area contributed by atoms with Crippen LogP contribution in [-0.2, 0) is 4.74 Å². The predicted octanol–water partition coefficient (Wildman–Crippen LogP) is 3.03. The SMILES string of the molecule is COC1(Nc2ccc(F)c(Cl)c2)CC1. The zero-order chi connectivity index (χ0) is 10.2. The number of halogens is 2. The second-order valence-electron chi connectivity index (χ2n) is 3.45. The molecule has 1 aliphatic rings. The molecule has 0 bridgehead atoms. The molecule has 1 aromatic rings. The van der Waals surface area contributed by atoms with Gasteiger partial charge in [0.2, 0.25) is 0 Å². The molecule has 0 atom stereocenters. The van der Waals surface area contributed by atoms with E-state index in [2.05, 4.69) is 5.32 Å². The Hall–Kier alpha value is -0.800. The molecule has 0 radical (unpaired) electrons. The van der Waals surface area contributed by atoms with Gasteiger partial charge in [0.25, 0.3) is 0 Å². The van der Waals surface area contributed by atoms with Crippen molar-refractivity contribution in [1.82, 2.24) is 0 Å². The lowest BCUT2D eigenvalue weighted by atomic mass is 10.3. The highest BCUT2D eigenvalue weighted by Gasteiger charge is 2.43. The Morgan fingerprint density at radius 3 is 2.71 bits per heavy atom. The van der Waals surface area contributed by atoms with Gasteiger partial charge in [-0.1, -0.05) is 11.6 Å². The molecule has 14 heavy (non-hydrogen) atoms. The van der Waals surface area contributed by atoms with Crippen LogP contribution < -0.4 is 5.32 Å². The molecule has 0 saturated heterocycles. The highest BCUT2D eigenvalue weighted by atomic mass is 35.5. The first-order valence-electron chi connectivity index (χ1n) is 4.44. The summed E-state index contributed by atoms with van der Waals surface area (Å²) in [7, 11) is 1.66. The van der Waals surface area contributed by atoms with Crippen LogP contribution in [0.5, 0.6) is 0 Å². The van der Waals surface area contributed by atoms with Crippen molar-refractivity contribution in [2.45, 2.75) is 18.6 Å². The summed E-state index contributed by atoms with van der Waals surface area (Å²) in [5.41, 5.74) is 0.539. The lowest BCUT2D eigenvalue weighted by molar-refractivity contribution is 0.105. The molecule has 76 valence electrons. The molecule has 2 nitrogen and oxygen atoms in total. The van der Waals surface area contributed by atoms with Crippen LogP contribution in [0.1, 0.15) is 12.8 Å². The number of benzene rings is 1. The van der Waals surface area contributed by atoms with Crippen molar-refractivity contribution < 1.29 is 9.13 Å². The number of nitrogens with one attached hydrogen (secondary N) is 1. The van der Waals surface area contributed by atoms with E-state index >= 15 is 0 Å². The van der Waals surface area contributed by atoms with E-state index in [9.17, 15) is 4.39 Å². The fourth-order valence-corrected chi connectivity index (χ4v) is 1.51. The highest BCUT2D eigenvalue weighted by Crippen LogP contribution is 2.39. The van der Waals surface area contributed by atoms with Gasteiger partial charge in [-0.2, -0.15) is 0 Å². The van der Waals surface area contributed by atoms with E-state index in [1.807, 2.05) is 0 Å². The van der Waals surface area contributed by atoms with Crippen LogP contribution in [0.3, 0.4) is 0 Å². The first-order valence-corrected chi connectivity index (χ1v) is 4.81. The molecule has 1 N–H and O–H groups in total. The number of rotatable bonds is 3. The van der Waals surface area contributed by atoms with E-state index in [0.29, 0.717) is 0 Å². The predicted molar refractivity (Wildman–Crippen MR) is 54.0 cm³/mol. The maximum absolute atomic E-state index is 12.8. The number of ether oxygens (including phenoxy) is 1. The van der Waals surface area contributed by atoms with E-state index in [0.717, 1.165) is 18.5 Å². The Labute approximate surface area is 87.0 Å². The van der Waals surface area contributed by atoms with Crippen molar-refractivity contribution in [3.05, 3.63) is 29.0 Å². The average molecular weight is 216 g/mol. The molecule has 0 spiro atoms. The largest absolute Gasteiger partial charge is 0.359 e. The summed E-state index contributed by atoms with van der Waals surface area (Å²) in [5.74, 6) is -0.403. The quantitative estimate of drug-likeness (QED) is 0.783. The van der Waals surface area contributed by atoms with Crippen LogP contribution in [-0.4, -0.2) is 12.8 Å². The monoisotopic (exact) mass is 215 g/mol. The summed E-state index contributed by atoms with van der Waals surface area (Å²) in [6, 6.07) is 4.56. The number of hydrogen-bond donors (Lipinski definition) is 1. The molecule has 0 aromatic heterocycles. The van der Waals surface area contributed by atoms with Crippen LogP contribution in [0.15, 0.2) is 18.2 Å². The Morgan fingerprint density at radius 2 is 2.21 bits per heavy atom. The third kappa shape index (κ3) is 1.83. The van der Waals surface area contributed by atoms with Crippen LogP contribution in [0, 0.1) is 5.82 Å². The number of hydrogen-bond acceptors (Lipinski definition) is 2. The van der Waals surface area contributed by atoms with E-state index in [1.54, 1.807) is 19.2 Å². The van der Waals surface area contributed by atoms with E-state index in [1.165, 1.54) is 6.07 Å². The molecule has 0 heterocycles. The van der Waals surface area contributed by atoms with Crippen LogP contribution in [0.4, 0.5) is 10.1 Å². The minimum atomic E-state index is -0.403. The van der Waals surface area contributed by atoms with E-state index in [-0.39, 0.29) is 10.7 Å². The second kappa shape index (κ2) is 3.41. The molecule has 0 amide bonds. The van der Waals surface area contributed by atoms with Gasteiger partial charge in [0.1, 0.15) is 11.5 Å². The summed E-state index contributed by atoms with van der Waals surface area (Å²) >= 11 is 5.65. The van der Waals surface area contributed by atoms with Gasteiger partial charge >= 0.3 is 0 Å². The van der Waals surface area contributed by atoms with Gasteiger partial charge in [-0.25, -0.2) is 4.39 Å². The standard InChI is InChI=1S/C10H11ClFNO/c1-14-10(4-5-10)13-7-2-3-9(12)8(11)6-7/h2-3,6,13H,4-5H2,1H3. The molecule has 1 aliphatic carbocycles. The van der Waals surface area contributed by atoms with Crippen LogP contribution >= 0.6 is 11.6 Å². The zero-order valence-corrected chi connectivity index (χ0v) is 8.57. The molecule has 1 aromatic carbocycles. The first kappa shape index (κ1) is 9.74. The molecule has 1 saturated carbocycles. The Balaban J connectivity index is 2.14. The second-order valence-corrected chi connectivity index (χ2v) is 3.86. The Morgan fingerprint density at radius 1 is 1.50 bits per heavy atom. The summed E-state index contributed by atoms with van der Waals surface area (Å²) in [6.45, 7) is 0. The minimum Gasteiger partial charge on any atom is -0.359 e.